The summed E-state index contributed by atoms with van der Waals surface area (Å²) in [5.74, 6) is 2.10. The van der Waals surface area contributed by atoms with Crippen molar-refractivity contribution in [3.63, 3.8) is 0 Å². The maximum Gasteiger partial charge on any atom is 0.0847 e. The van der Waals surface area contributed by atoms with Crippen molar-refractivity contribution in [2.24, 2.45) is 24.8 Å². The molecule has 1 N–H and O–H groups in total. The first-order valence-electron chi connectivity index (χ1n) is 6.45. The van der Waals surface area contributed by atoms with Crippen LogP contribution in [0.3, 0.4) is 0 Å². The Morgan fingerprint density at radius 3 is 2.65 bits per heavy atom. The summed E-state index contributed by atoms with van der Waals surface area (Å²) < 4.78 is 1.80. The Morgan fingerprint density at radius 2 is 2.12 bits per heavy atom. The molecule has 94 valence electrons. The summed E-state index contributed by atoms with van der Waals surface area (Å²) in [6.07, 6.45) is 4.38. The fraction of sp³-hybridized carbons (Fsp3) is 0.769. The van der Waals surface area contributed by atoms with Crippen LogP contribution >= 0.6 is 11.6 Å². The van der Waals surface area contributed by atoms with E-state index in [0.29, 0.717) is 12.3 Å². The topological polar surface area (TPSA) is 38.0 Å². The normalized spacial score (nSPS) is 32.6. The fourth-order valence-corrected chi connectivity index (χ4v) is 3.92. The molecule has 2 aliphatic rings. The second kappa shape index (κ2) is 3.99. The van der Waals surface area contributed by atoms with Crippen molar-refractivity contribution in [2.45, 2.75) is 38.7 Å². The van der Waals surface area contributed by atoms with E-state index in [1.54, 1.807) is 4.68 Å². The van der Waals surface area contributed by atoms with E-state index in [9.17, 15) is 5.11 Å². The van der Waals surface area contributed by atoms with Gasteiger partial charge in [-0.3, -0.25) is 4.68 Å². The number of aliphatic hydroxyl groups excluding tert-OH is 1. The maximum absolute atomic E-state index is 10.3. The van der Waals surface area contributed by atoms with Gasteiger partial charge in [-0.25, -0.2) is 0 Å². The van der Waals surface area contributed by atoms with E-state index in [0.717, 1.165) is 28.2 Å². The largest absolute Gasteiger partial charge is 0.392 e. The van der Waals surface area contributed by atoms with Crippen molar-refractivity contribution in [1.29, 1.82) is 0 Å². The molecule has 1 aromatic rings. The monoisotopic (exact) mass is 254 g/mol. The molecule has 0 spiro atoms. The molecule has 1 aromatic heterocycles. The zero-order valence-corrected chi connectivity index (χ0v) is 11.1. The molecule has 3 rings (SSSR count). The lowest BCUT2D eigenvalue weighted by molar-refractivity contribution is 0.133. The van der Waals surface area contributed by atoms with Gasteiger partial charge in [-0.15, -0.1) is 0 Å². The zero-order valence-electron chi connectivity index (χ0n) is 10.4. The minimum Gasteiger partial charge on any atom is -0.392 e. The van der Waals surface area contributed by atoms with Gasteiger partial charge in [-0.05, 0) is 37.5 Å². The first-order valence-corrected chi connectivity index (χ1v) is 6.83. The van der Waals surface area contributed by atoms with Crippen molar-refractivity contribution in [2.75, 3.05) is 0 Å². The van der Waals surface area contributed by atoms with Crippen molar-refractivity contribution in [3.05, 3.63) is 16.4 Å². The Morgan fingerprint density at radius 1 is 1.47 bits per heavy atom. The SMILES string of the molecule is Cc1nn(C)c(CC(O)C2C3CCCC32)c1Cl. The van der Waals surface area contributed by atoms with Crippen molar-refractivity contribution < 1.29 is 5.11 Å². The van der Waals surface area contributed by atoms with E-state index in [1.165, 1.54) is 19.3 Å². The predicted molar refractivity (Wildman–Crippen MR) is 67.0 cm³/mol. The lowest BCUT2D eigenvalue weighted by Crippen LogP contribution is -2.18. The zero-order chi connectivity index (χ0) is 12.2. The first kappa shape index (κ1) is 11.5. The summed E-state index contributed by atoms with van der Waals surface area (Å²) in [6.45, 7) is 1.91. The van der Waals surface area contributed by atoms with Gasteiger partial charge >= 0.3 is 0 Å². The molecule has 4 heteroatoms. The average Bonchev–Trinajstić information content (AvgIpc) is 2.66. The highest BCUT2D eigenvalue weighted by atomic mass is 35.5. The maximum atomic E-state index is 10.3. The van der Waals surface area contributed by atoms with Gasteiger partial charge in [0.2, 0.25) is 0 Å². The second-order valence-electron chi connectivity index (χ2n) is 5.58. The smallest absolute Gasteiger partial charge is 0.0847 e. The molecule has 0 radical (unpaired) electrons. The summed E-state index contributed by atoms with van der Waals surface area (Å²) in [7, 11) is 1.90. The fourth-order valence-electron chi connectivity index (χ4n) is 3.68. The molecule has 3 unspecified atom stereocenters. The highest BCUT2D eigenvalue weighted by Gasteiger charge is 2.55. The van der Waals surface area contributed by atoms with Gasteiger partial charge in [0.05, 0.1) is 22.5 Å². The van der Waals surface area contributed by atoms with E-state index in [2.05, 4.69) is 5.10 Å². The Kier molecular flexibility index (Phi) is 2.71. The molecule has 2 saturated carbocycles. The Hall–Kier alpha value is -0.540. The van der Waals surface area contributed by atoms with Crippen LogP contribution < -0.4 is 0 Å². The molecule has 3 atom stereocenters. The summed E-state index contributed by atoms with van der Waals surface area (Å²) in [5, 5.41) is 15.3. The third kappa shape index (κ3) is 1.80. The van der Waals surface area contributed by atoms with Crippen molar-refractivity contribution >= 4 is 11.6 Å². The molecule has 2 aliphatic carbocycles. The molecule has 3 nitrogen and oxygen atoms in total. The lowest BCUT2D eigenvalue weighted by atomic mass is 10.0. The Bertz CT molecular complexity index is 433. The number of halogens is 1. The predicted octanol–water partition coefficient (Wildman–Crippen LogP) is 2.33. The van der Waals surface area contributed by atoms with Gasteiger partial charge < -0.3 is 5.11 Å². The number of hydrogen-bond donors (Lipinski definition) is 1. The third-order valence-corrected chi connectivity index (χ3v) is 5.07. The average molecular weight is 255 g/mol. The van der Waals surface area contributed by atoms with Gasteiger partial charge in [0.1, 0.15) is 0 Å². The van der Waals surface area contributed by atoms with Crippen molar-refractivity contribution in [3.8, 4) is 0 Å². The van der Waals surface area contributed by atoms with Gasteiger partial charge in [-0.1, -0.05) is 18.0 Å². The molecule has 17 heavy (non-hydrogen) atoms. The molecule has 2 fully saturated rings. The van der Waals surface area contributed by atoms with E-state index >= 15 is 0 Å². The Balaban J connectivity index is 1.70. The van der Waals surface area contributed by atoms with E-state index < -0.39 is 0 Å². The number of hydrogen-bond acceptors (Lipinski definition) is 2. The number of aryl methyl sites for hydroxylation is 2. The molecule has 1 heterocycles. The summed E-state index contributed by atoms with van der Waals surface area (Å²) in [5.41, 5.74) is 1.83. The van der Waals surface area contributed by atoms with E-state index in [1.807, 2.05) is 14.0 Å². The number of fused-ring (bicyclic) bond motifs is 1. The number of aromatic nitrogens is 2. The van der Waals surface area contributed by atoms with Gasteiger partial charge in [0, 0.05) is 13.5 Å². The molecule has 0 amide bonds. The summed E-state index contributed by atoms with van der Waals surface area (Å²) in [6, 6.07) is 0. The van der Waals surface area contributed by atoms with Crippen LogP contribution in [-0.2, 0) is 13.5 Å². The molecule has 0 bridgehead atoms. The Labute approximate surface area is 107 Å². The molecule has 0 aromatic carbocycles. The minimum absolute atomic E-state index is 0.238. The van der Waals surface area contributed by atoms with Crippen LogP contribution in [0.2, 0.25) is 5.02 Å². The molecule has 0 saturated heterocycles. The van der Waals surface area contributed by atoms with E-state index in [4.69, 9.17) is 11.6 Å². The van der Waals surface area contributed by atoms with Crippen LogP contribution in [0, 0.1) is 24.7 Å². The number of aliphatic hydroxyl groups is 1. The number of rotatable bonds is 3. The van der Waals surface area contributed by atoms with Gasteiger partial charge in [0.25, 0.3) is 0 Å². The third-order valence-electron chi connectivity index (χ3n) is 4.58. The highest BCUT2D eigenvalue weighted by Crippen LogP contribution is 2.59. The standard InChI is InChI=1S/C13H19ClN2O/c1-7-13(14)10(16(2)15-7)6-11(17)12-8-4-3-5-9(8)12/h8-9,11-12,17H,3-6H2,1-2H3. The molecular weight excluding hydrogens is 236 g/mol. The van der Waals surface area contributed by atoms with Crippen LogP contribution in [0.25, 0.3) is 0 Å². The number of nitrogens with zero attached hydrogens (tertiary/aromatic N) is 2. The quantitative estimate of drug-likeness (QED) is 0.899. The molecular formula is C13H19ClN2O. The minimum atomic E-state index is -0.238. The van der Waals surface area contributed by atoms with E-state index in [-0.39, 0.29) is 6.10 Å². The van der Waals surface area contributed by atoms with Crippen LogP contribution in [0.5, 0.6) is 0 Å². The van der Waals surface area contributed by atoms with Crippen LogP contribution in [0.15, 0.2) is 0 Å². The van der Waals surface area contributed by atoms with Crippen molar-refractivity contribution in [1.82, 2.24) is 9.78 Å². The first-order chi connectivity index (χ1) is 8.09. The highest BCUT2D eigenvalue weighted by molar-refractivity contribution is 6.31. The van der Waals surface area contributed by atoms with Crippen LogP contribution in [0.4, 0.5) is 0 Å². The van der Waals surface area contributed by atoms with Crippen LogP contribution in [-0.4, -0.2) is 21.0 Å². The second-order valence-corrected chi connectivity index (χ2v) is 5.96. The summed E-state index contributed by atoms with van der Waals surface area (Å²) >= 11 is 6.21. The lowest BCUT2D eigenvalue weighted by Gasteiger charge is -2.13. The molecule has 0 aliphatic heterocycles. The van der Waals surface area contributed by atoms with Gasteiger partial charge in [0.15, 0.2) is 0 Å². The summed E-state index contributed by atoms with van der Waals surface area (Å²) in [4.78, 5) is 0. The van der Waals surface area contributed by atoms with Gasteiger partial charge in [-0.2, -0.15) is 5.10 Å². The van der Waals surface area contributed by atoms with Crippen LogP contribution in [0.1, 0.15) is 30.7 Å².